The summed E-state index contributed by atoms with van der Waals surface area (Å²) in [4.78, 5) is 26.1. The van der Waals surface area contributed by atoms with Gasteiger partial charge in [-0.05, 0) is 42.0 Å². The normalized spacial score (nSPS) is 15.9. The van der Waals surface area contributed by atoms with Crippen molar-refractivity contribution in [2.75, 3.05) is 21.3 Å². The van der Waals surface area contributed by atoms with E-state index in [9.17, 15) is 18.4 Å². The number of rotatable bonds is 4. The number of para-hydroxylation sites is 2. The second-order valence-electron chi connectivity index (χ2n) is 6.56. The third-order valence-electron chi connectivity index (χ3n) is 4.53. The van der Waals surface area contributed by atoms with Crippen molar-refractivity contribution >= 4 is 40.8 Å². The summed E-state index contributed by atoms with van der Waals surface area (Å²) in [6.45, 7) is 0. The van der Waals surface area contributed by atoms with E-state index in [1.54, 1.807) is 42.5 Å². The summed E-state index contributed by atoms with van der Waals surface area (Å²) in [6, 6.07) is 18.3. The van der Waals surface area contributed by atoms with Crippen molar-refractivity contribution in [3.05, 3.63) is 90.0 Å². The summed E-state index contributed by atoms with van der Waals surface area (Å²) in [5.41, 5.74) is 1.48. The molecule has 1 atom stereocenters. The van der Waals surface area contributed by atoms with Crippen LogP contribution < -0.4 is 15.5 Å². The third-order valence-corrected chi connectivity index (χ3v) is 5.74. The van der Waals surface area contributed by atoms with Crippen LogP contribution in [0, 0.1) is 11.6 Å². The quantitative estimate of drug-likeness (QED) is 0.589. The highest BCUT2D eigenvalue weighted by molar-refractivity contribution is 8.00. The first-order valence-electron chi connectivity index (χ1n) is 9.13. The molecule has 0 spiro atoms. The number of urea groups is 1. The Balaban J connectivity index is 1.54. The molecule has 0 saturated carbocycles. The monoisotopic (exact) mass is 425 g/mol. The topological polar surface area (TPSA) is 61.4 Å². The summed E-state index contributed by atoms with van der Waals surface area (Å²) in [6.07, 6.45) is 0. The molecule has 0 aliphatic carbocycles. The molecule has 1 heterocycles. The summed E-state index contributed by atoms with van der Waals surface area (Å²) in [5.74, 6) is -0.977. The number of thioether (sulfide) groups is 1. The van der Waals surface area contributed by atoms with Crippen LogP contribution in [0.4, 0.5) is 30.6 Å². The molecule has 2 N–H and O–H groups in total. The second-order valence-corrected chi connectivity index (χ2v) is 7.63. The van der Waals surface area contributed by atoms with E-state index >= 15 is 0 Å². The highest BCUT2D eigenvalue weighted by Gasteiger charge is 2.35. The number of hydrogen-bond acceptors (Lipinski definition) is 3. The molecule has 3 aromatic carbocycles. The van der Waals surface area contributed by atoms with Gasteiger partial charge in [-0.25, -0.2) is 13.6 Å². The zero-order valence-electron chi connectivity index (χ0n) is 15.6. The Morgan fingerprint density at radius 1 is 0.933 bits per heavy atom. The molecule has 1 unspecified atom stereocenters. The van der Waals surface area contributed by atoms with Crippen molar-refractivity contribution in [3.63, 3.8) is 0 Å². The number of halogens is 2. The minimum atomic E-state index is -0.599. The molecule has 152 valence electrons. The molecule has 1 saturated heterocycles. The molecule has 30 heavy (non-hydrogen) atoms. The number of carbonyl (C=O) groups is 2. The smallest absolute Gasteiger partial charge is 0.308 e. The lowest BCUT2D eigenvalue weighted by molar-refractivity contribution is -0.115. The molecule has 5 nitrogen and oxygen atoms in total. The van der Waals surface area contributed by atoms with Gasteiger partial charge in [-0.15, -0.1) is 11.8 Å². The van der Waals surface area contributed by atoms with Crippen LogP contribution in [-0.2, 0) is 4.79 Å². The minimum Gasteiger partial charge on any atom is -0.308 e. The summed E-state index contributed by atoms with van der Waals surface area (Å²) in [5, 5.41) is 4.68. The molecule has 1 fully saturated rings. The first-order chi connectivity index (χ1) is 14.5. The van der Waals surface area contributed by atoms with Gasteiger partial charge in [-0.1, -0.05) is 36.4 Å². The molecule has 0 aromatic heterocycles. The molecule has 3 amide bonds. The van der Waals surface area contributed by atoms with Gasteiger partial charge in [0, 0.05) is 5.69 Å². The molecule has 1 aliphatic heterocycles. The largest absolute Gasteiger partial charge is 0.323 e. The van der Waals surface area contributed by atoms with Gasteiger partial charge in [0.1, 0.15) is 17.0 Å². The molecule has 8 heteroatoms. The zero-order valence-corrected chi connectivity index (χ0v) is 16.5. The molecule has 1 aliphatic rings. The maximum absolute atomic E-state index is 14.3. The van der Waals surface area contributed by atoms with Crippen LogP contribution in [-0.4, -0.2) is 17.7 Å². The van der Waals surface area contributed by atoms with Crippen LogP contribution in [0.25, 0.3) is 0 Å². The van der Waals surface area contributed by atoms with Crippen molar-refractivity contribution in [3.8, 4) is 0 Å². The first-order valence-corrected chi connectivity index (χ1v) is 10.2. The van der Waals surface area contributed by atoms with Crippen LogP contribution in [0.5, 0.6) is 0 Å². The van der Waals surface area contributed by atoms with Gasteiger partial charge in [-0.2, -0.15) is 0 Å². The van der Waals surface area contributed by atoms with E-state index in [0.29, 0.717) is 5.69 Å². The summed E-state index contributed by atoms with van der Waals surface area (Å²) in [7, 11) is 0. The van der Waals surface area contributed by atoms with Gasteiger partial charge in [-0.3, -0.25) is 9.69 Å². The highest BCUT2D eigenvalue weighted by atomic mass is 32.2. The Labute approximate surface area is 176 Å². The number of anilines is 3. The molecule has 3 aromatic rings. The molecular formula is C22H17F2N3O2S. The van der Waals surface area contributed by atoms with Crippen molar-refractivity contribution in [2.45, 2.75) is 5.37 Å². The number of amides is 3. The Morgan fingerprint density at radius 2 is 1.67 bits per heavy atom. The van der Waals surface area contributed by atoms with Crippen LogP contribution in [0.15, 0.2) is 72.8 Å². The fourth-order valence-electron chi connectivity index (χ4n) is 3.20. The number of nitrogens with zero attached hydrogens (tertiary/aromatic N) is 1. The van der Waals surface area contributed by atoms with Gasteiger partial charge in [0.15, 0.2) is 0 Å². The van der Waals surface area contributed by atoms with E-state index in [2.05, 4.69) is 10.6 Å². The number of benzene rings is 3. The molecular weight excluding hydrogens is 408 g/mol. The van der Waals surface area contributed by atoms with Gasteiger partial charge >= 0.3 is 6.03 Å². The van der Waals surface area contributed by atoms with Crippen LogP contribution in [0.2, 0.25) is 0 Å². The first kappa shape index (κ1) is 19.9. The lowest BCUT2D eigenvalue weighted by Crippen LogP contribution is -2.28. The molecule has 0 bridgehead atoms. The number of hydrogen-bond donors (Lipinski definition) is 2. The van der Waals surface area contributed by atoms with Crippen molar-refractivity contribution in [2.24, 2.45) is 0 Å². The van der Waals surface area contributed by atoms with E-state index in [1.807, 2.05) is 6.07 Å². The van der Waals surface area contributed by atoms with E-state index in [1.165, 1.54) is 40.9 Å². The van der Waals surface area contributed by atoms with Gasteiger partial charge in [0.2, 0.25) is 5.91 Å². The fourth-order valence-corrected chi connectivity index (χ4v) is 4.35. The van der Waals surface area contributed by atoms with Crippen molar-refractivity contribution in [1.82, 2.24) is 0 Å². The second kappa shape index (κ2) is 8.54. The summed E-state index contributed by atoms with van der Waals surface area (Å²) < 4.78 is 28.0. The minimum absolute atomic E-state index is 0.0637. The maximum Gasteiger partial charge on any atom is 0.323 e. The number of nitrogens with one attached hydrogen (secondary N) is 2. The third kappa shape index (κ3) is 4.13. The van der Waals surface area contributed by atoms with Gasteiger partial charge < -0.3 is 10.6 Å². The van der Waals surface area contributed by atoms with Crippen LogP contribution in [0.1, 0.15) is 10.9 Å². The summed E-state index contributed by atoms with van der Waals surface area (Å²) >= 11 is 1.38. The van der Waals surface area contributed by atoms with Crippen molar-refractivity contribution < 1.29 is 18.4 Å². The van der Waals surface area contributed by atoms with Gasteiger partial charge in [0.25, 0.3) is 0 Å². The van der Waals surface area contributed by atoms with E-state index in [-0.39, 0.29) is 23.0 Å². The Morgan fingerprint density at radius 3 is 2.43 bits per heavy atom. The predicted molar refractivity (Wildman–Crippen MR) is 115 cm³/mol. The SMILES string of the molecule is O=C(Nc1cccc(C2SCC(=O)N2c2ccccc2F)c1)Nc1ccccc1F. The average Bonchev–Trinajstić information content (AvgIpc) is 3.11. The Hall–Kier alpha value is -3.39. The average molecular weight is 425 g/mol. The number of carbonyl (C=O) groups excluding carboxylic acids is 2. The van der Waals surface area contributed by atoms with E-state index < -0.39 is 23.0 Å². The standard InChI is InChI=1S/C22H17F2N3O2S/c23-16-8-1-3-10-18(16)26-22(29)25-15-7-5-6-14(12-15)21-27(20(28)13-30-21)19-11-4-2-9-17(19)24/h1-12,21H,13H2,(H2,25,26,29). The van der Waals surface area contributed by atoms with E-state index in [4.69, 9.17) is 0 Å². The lowest BCUT2D eigenvalue weighted by Gasteiger charge is -2.25. The molecule has 0 radical (unpaired) electrons. The molecule has 4 rings (SSSR count). The maximum atomic E-state index is 14.3. The fraction of sp³-hybridized carbons (Fsp3) is 0.0909. The van der Waals surface area contributed by atoms with Gasteiger partial charge in [0.05, 0.1) is 17.1 Å². The van der Waals surface area contributed by atoms with Crippen molar-refractivity contribution in [1.29, 1.82) is 0 Å². The highest BCUT2D eigenvalue weighted by Crippen LogP contribution is 2.42. The van der Waals surface area contributed by atoms with E-state index in [0.717, 1.165) is 5.56 Å². The van der Waals surface area contributed by atoms with Crippen LogP contribution in [0.3, 0.4) is 0 Å². The Kier molecular flexibility index (Phi) is 5.67. The predicted octanol–water partition coefficient (Wildman–Crippen LogP) is 5.39. The zero-order chi connectivity index (χ0) is 21.1. The Bertz CT molecular complexity index is 1110. The van der Waals surface area contributed by atoms with Crippen LogP contribution >= 0.6 is 11.8 Å². The lowest BCUT2D eigenvalue weighted by atomic mass is 10.1.